The standard InChI is InChI=1S/C15H19N5O/c21-15(6-1-12-7-8-16-11-12)19-13-2-4-14(5-3-13)20-17-9-10-18-20/h2-5,9-10,12,16H,1,6-8,11H2,(H,19,21). The fraction of sp³-hybridized carbons (Fsp3) is 0.400. The van der Waals surface area contributed by atoms with Gasteiger partial charge in [0.15, 0.2) is 0 Å². The normalized spacial score (nSPS) is 17.8. The van der Waals surface area contributed by atoms with Gasteiger partial charge in [0, 0.05) is 12.1 Å². The van der Waals surface area contributed by atoms with Crippen molar-refractivity contribution in [3.8, 4) is 5.69 Å². The maximum Gasteiger partial charge on any atom is 0.224 e. The van der Waals surface area contributed by atoms with Crippen molar-refractivity contribution < 1.29 is 4.79 Å². The fourth-order valence-electron chi connectivity index (χ4n) is 2.55. The largest absolute Gasteiger partial charge is 0.326 e. The lowest BCUT2D eigenvalue weighted by molar-refractivity contribution is -0.116. The quantitative estimate of drug-likeness (QED) is 0.875. The molecule has 2 N–H and O–H groups in total. The molecule has 0 spiro atoms. The molecule has 1 amide bonds. The first-order valence-electron chi connectivity index (χ1n) is 7.28. The van der Waals surface area contributed by atoms with Gasteiger partial charge in [-0.3, -0.25) is 4.79 Å². The number of carbonyl (C=O) groups is 1. The average Bonchev–Trinajstić information content (AvgIpc) is 3.19. The zero-order chi connectivity index (χ0) is 14.5. The van der Waals surface area contributed by atoms with Crippen LogP contribution in [0.3, 0.4) is 0 Å². The molecule has 6 heteroatoms. The molecule has 1 aromatic heterocycles. The van der Waals surface area contributed by atoms with Crippen molar-refractivity contribution >= 4 is 11.6 Å². The van der Waals surface area contributed by atoms with Crippen LogP contribution in [-0.2, 0) is 4.79 Å². The van der Waals surface area contributed by atoms with E-state index in [0.717, 1.165) is 30.9 Å². The Labute approximate surface area is 123 Å². The zero-order valence-electron chi connectivity index (χ0n) is 11.8. The number of aromatic nitrogens is 3. The first-order chi connectivity index (χ1) is 10.3. The van der Waals surface area contributed by atoms with Gasteiger partial charge in [-0.15, -0.1) is 0 Å². The van der Waals surface area contributed by atoms with Crippen LogP contribution in [0.4, 0.5) is 5.69 Å². The number of hydrogen-bond acceptors (Lipinski definition) is 4. The zero-order valence-corrected chi connectivity index (χ0v) is 11.8. The van der Waals surface area contributed by atoms with Crippen molar-refractivity contribution in [2.75, 3.05) is 18.4 Å². The second-order valence-corrected chi connectivity index (χ2v) is 5.31. The maximum atomic E-state index is 11.9. The van der Waals surface area contributed by atoms with Gasteiger partial charge in [-0.1, -0.05) is 0 Å². The highest BCUT2D eigenvalue weighted by atomic mass is 16.1. The van der Waals surface area contributed by atoms with Gasteiger partial charge in [-0.25, -0.2) is 0 Å². The number of nitrogens with zero attached hydrogens (tertiary/aromatic N) is 3. The van der Waals surface area contributed by atoms with E-state index < -0.39 is 0 Å². The Morgan fingerprint density at radius 1 is 1.29 bits per heavy atom. The Balaban J connectivity index is 1.51. The van der Waals surface area contributed by atoms with E-state index in [1.54, 1.807) is 17.2 Å². The lowest BCUT2D eigenvalue weighted by Gasteiger charge is -2.09. The van der Waals surface area contributed by atoms with E-state index in [4.69, 9.17) is 0 Å². The van der Waals surface area contributed by atoms with E-state index in [0.29, 0.717) is 12.3 Å². The van der Waals surface area contributed by atoms with Crippen molar-refractivity contribution in [1.82, 2.24) is 20.3 Å². The summed E-state index contributed by atoms with van der Waals surface area (Å²) in [7, 11) is 0. The summed E-state index contributed by atoms with van der Waals surface area (Å²) in [6.45, 7) is 2.12. The molecule has 2 heterocycles. The van der Waals surface area contributed by atoms with Crippen LogP contribution >= 0.6 is 0 Å². The second-order valence-electron chi connectivity index (χ2n) is 5.31. The van der Waals surface area contributed by atoms with E-state index in [9.17, 15) is 4.79 Å². The highest BCUT2D eigenvalue weighted by Crippen LogP contribution is 2.16. The van der Waals surface area contributed by atoms with Crippen molar-refractivity contribution in [2.24, 2.45) is 5.92 Å². The lowest BCUT2D eigenvalue weighted by atomic mass is 10.0. The number of hydrogen-bond donors (Lipinski definition) is 2. The van der Waals surface area contributed by atoms with Crippen LogP contribution in [0.25, 0.3) is 5.69 Å². The predicted molar refractivity (Wildman–Crippen MR) is 80.2 cm³/mol. The molecule has 3 rings (SSSR count). The van der Waals surface area contributed by atoms with Crippen LogP contribution in [0.1, 0.15) is 19.3 Å². The van der Waals surface area contributed by atoms with E-state index in [2.05, 4.69) is 20.8 Å². The third kappa shape index (κ3) is 3.66. The minimum Gasteiger partial charge on any atom is -0.326 e. The highest BCUT2D eigenvalue weighted by molar-refractivity contribution is 5.90. The minimum absolute atomic E-state index is 0.0758. The summed E-state index contributed by atoms with van der Waals surface area (Å²) in [6.07, 6.45) is 5.98. The van der Waals surface area contributed by atoms with Gasteiger partial charge in [0.2, 0.25) is 5.91 Å². The summed E-state index contributed by atoms with van der Waals surface area (Å²) in [6, 6.07) is 7.51. The van der Waals surface area contributed by atoms with Gasteiger partial charge in [0.05, 0.1) is 18.1 Å². The monoisotopic (exact) mass is 285 g/mol. The summed E-state index contributed by atoms with van der Waals surface area (Å²) in [5, 5.41) is 14.4. The molecule has 0 bridgehead atoms. The number of benzene rings is 1. The molecule has 1 aliphatic rings. The highest BCUT2D eigenvalue weighted by Gasteiger charge is 2.15. The van der Waals surface area contributed by atoms with E-state index >= 15 is 0 Å². The Morgan fingerprint density at radius 3 is 2.71 bits per heavy atom. The molecule has 6 nitrogen and oxygen atoms in total. The molecule has 1 saturated heterocycles. The molecule has 21 heavy (non-hydrogen) atoms. The number of amides is 1. The van der Waals surface area contributed by atoms with E-state index in [1.165, 1.54) is 6.42 Å². The van der Waals surface area contributed by atoms with Gasteiger partial charge < -0.3 is 10.6 Å². The summed E-state index contributed by atoms with van der Waals surface area (Å²) < 4.78 is 0. The number of carbonyl (C=O) groups excluding carboxylic acids is 1. The fourth-order valence-corrected chi connectivity index (χ4v) is 2.55. The van der Waals surface area contributed by atoms with Gasteiger partial charge >= 0.3 is 0 Å². The molecule has 1 atom stereocenters. The Morgan fingerprint density at radius 2 is 2.05 bits per heavy atom. The summed E-state index contributed by atoms with van der Waals surface area (Å²) in [5.41, 5.74) is 1.68. The van der Waals surface area contributed by atoms with E-state index in [-0.39, 0.29) is 5.91 Å². The van der Waals surface area contributed by atoms with E-state index in [1.807, 2.05) is 24.3 Å². The molecule has 0 saturated carbocycles. The predicted octanol–water partition coefficient (Wildman–Crippen LogP) is 1.60. The molecule has 1 fully saturated rings. The third-order valence-corrected chi connectivity index (χ3v) is 3.74. The number of rotatable bonds is 5. The number of anilines is 1. The van der Waals surface area contributed by atoms with Gasteiger partial charge in [0.1, 0.15) is 0 Å². The van der Waals surface area contributed by atoms with Crippen LogP contribution in [0, 0.1) is 5.92 Å². The molecule has 110 valence electrons. The van der Waals surface area contributed by atoms with Crippen LogP contribution in [-0.4, -0.2) is 34.0 Å². The van der Waals surface area contributed by atoms with Crippen molar-refractivity contribution in [2.45, 2.75) is 19.3 Å². The Hall–Kier alpha value is -2.21. The molecule has 1 aliphatic heterocycles. The molecule has 1 aromatic carbocycles. The van der Waals surface area contributed by atoms with Crippen molar-refractivity contribution in [3.05, 3.63) is 36.7 Å². The third-order valence-electron chi connectivity index (χ3n) is 3.74. The number of nitrogens with one attached hydrogen (secondary N) is 2. The van der Waals surface area contributed by atoms with Crippen LogP contribution < -0.4 is 10.6 Å². The summed E-state index contributed by atoms with van der Waals surface area (Å²) in [5.74, 6) is 0.718. The lowest BCUT2D eigenvalue weighted by Crippen LogP contribution is -2.15. The minimum atomic E-state index is 0.0758. The van der Waals surface area contributed by atoms with Crippen LogP contribution in [0.15, 0.2) is 36.7 Å². The van der Waals surface area contributed by atoms with Crippen molar-refractivity contribution in [3.63, 3.8) is 0 Å². The molecular weight excluding hydrogens is 266 g/mol. The second kappa shape index (κ2) is 6.49. The smallest absolute Gasteiger partial charge is 0.224 e. The maximum absolute atomic E-state index is 11.9. The first-order valence-corrected chi connectivity index (χ1v) is 7.28. The molecule has 1 unspecified atom stereocenters. The van der Waals surface area contributed by atoms with Crippen molar-refractivity contribution in [1.29, 1.82) is 0 Å². The van der Waals surface area contributed by atoms with Gasteiger partial charge in [-0.2, -0.15) is 15.0 Å². The summed E-state index contributed by atoms with van der Waals surface area (Å²) in [4.78, 5) is 13.5. The molecular formula is C15H19N5O. The Kier molecular flexibility index (Phi) is 4.25. The average molecular weight is 285 g/mol. The SMILES string of the molecule is O=C(CCC1CCNC1)Nc1ccc(-n2nccn2)cc1. The van der Waals surface area contributed by atoms with Crippen LogP contribution in [0.5, 0.6) is 0 Å². The van der Waals surface area contributed by atoms with Crippen LogP contribution in [0.2, 0.25) is 0 Å². The van der Waals surface area contributed by atoms with Gasteiger partial charge in [0.25, 0.3) is 0 Å². The molecule has 0 aliphatic carbocycles. The Bertz CT molecular complexity index is 573. The summed E-state index contributed by atoms with van der Waals surface area (Å²) >= 11 is 0. The first kappa shape index (κ1) is 13.8. The van der Waals surface area contributed by atoms with Gasteiger partial charge in [-0.05, 0) is 56.1 Å². The molecule has 2 aromatic rings. The molecule has 0 radical (unpaired) electrons. The topological polar surface area (TPSA) is 71.8 Å².